The van der Waals surface area contributed by atoms with Gasteiger partial charge in [0.25, 0.3) is 0 Å². The Hall–Kier alpha value is -1.90. The van der Waals surface area contributed by atoms with Crippen LogP contribution in [0.2, 0.25) is 0 Å². The van der Waals surface area contributed by atoms with Crippen LogP contribution < -0.4 is 10.6 Å². The van der Waals surface area contributed by atoms with Crippen LogP contribution in [-0.4, -0.2) is 30.0 Å². The van der Waals surface area contributed by atoms with Crippen molar-refractivity contribution in [3.8, 4) is 0 Å². The number of aromatic nitrogens is 1. The van der Waals surface area contributed by atoms with Crippen molar-refractivity contribution in [1.29, 1.82) is 0 Å². The van der Waals surface area contributed by atoms with E-state index < -0.39 is 22.5 Å². The van der Waals surface area contributed by atoms with Gasteiger partial charge in [0.1, 0.15) is 17.6 Å². The molecule has 1 rings (SSSR count). The minimum Gasteiger partial charge on any atom is -0.378 e. The van der Waals surface area contributed by atoms with E-state index in [4.69, 9.17) is 0 Å². The molecule has 0 aliphatic carbocycles. The molecule has 0 aromatic carbocycles. The highest BCUT2D eigenvalue weighted by molar-refractivity contribution is 5.61. The fourth-order valence-corrected chi connectivity index (χ4v) is 1.21. The molecule has 0 saturated carbocycles. The van der Waals surface area contributed by atoms with Crippen LogP contribution in [0.4, 0.5) is 24.5 Å². The van der Waals surface area contributed by atoms with Gasteiger partial charge in [0.15, 0.2) is 0 Å². The van der Waals surface area contributed by atoms with E-state index in [9.17, 15) is 23.3 Å². The molecule has 0 radical (unpaired) electrons. The normalized spacial score (nSPS) is 11.3. The Bertz CT molecular complexity index is 436. The van der Waals surface area contributed by atoms with Crippen molar-refractivity contribution in [3.05, 3.63) is 28.1 Å². The predicted molar refractivity (Wildman–Crippen MR) is 58.3 cm³/mol. The van der Waals surface area contributed by atoms with Gasteiger partial charge >= 0.3 is 11.9 Å². The quantitative estimate of drug-likeness (QED) is 0.480. The zero-order chi connectivity index (χ0) is 13.8. The van der Waals surface area contributed by atoms with Crippen LogP contribution in [0.1, 0.15) is 5.69 Å². The fraction of sp³-hybridized carbons (Fsp3) is 0.444. The summed E-state index contributed by atoms with van der Waals surface area (Å²) in [5, 5.41) is 16.0. The second-order valence-corrected chi connectivity index (χ2v) is 3.37. The lowest BCUT2D eigenvalue weighted by molar-refractivity contribution is -0.384. The summed E-state index contributed by atoms with van der Waals surface area (Å²) in [5.74, 6) is 0. The van der Waals surface area contributed by atoms with Gasteiger partial charge in [-0.2, -0.15) is 13.2 Å². The summed E-state index contributed by atoms with van der Waals surface area (Å²) in [6, 6.07) is 0.633. The lowest BCUT2D eigenvalue weighted by atomic mass is 10.2. The molecular formula is C9H11F3N4O2. The van der Waals surface area contributed by atoms with Crippen molar-refractivity contribution in [2.45, 2.75) is 6.18 Å². The van der Waals surface area contributed by atoms with Crippen LogP contribution in [0.5, 0.6) is 0 Å². The van der Waals surface area contributed by atoms with Gasteiger partial charge in [0, 0.05) is 13.1 Å². The van der Waals surface area contributed by atoms with E-state index >= 15 is 0 Å². The van der Waals surface area contributed by atoms with Crippen molar-refractivity contribution in [2.24, 2.45) is 0 Å². The summed E-state index contributed by atoms with van der Waals surface area (Å²) in [6.45, 7) is 0.722. The molecule has 1 aromatic heterocycles. The molecule has 0 unspecified atom stereocenters. The Morgan fingerprint density at radius 1 is 1.44 bits per heavy atom. The number of nitro groups is 1. The molecule has 0 amide bonds. The highest BCUT2D eigenvalue weighted by Gasteiger charge is 2.34. The topological polar surface area (TPSA) is 80.1 Å². The number of nitrogens with zero attached hydrogens (tertiary/aromatic N) is 2. The largest absolute Gasteiger partial charge is 0.433 e. The van der Waals surface area contributed by atoms with Crippen LogP contribution in [0.15, 0.2) is 12.3 Å². The third-order valence-electron chi connectivity index (χ3n) is 2.06. The smallest absolute Gasteiger partial charge is 0.378 e. The first kappa shape index (κ1) is 14.2. The van der Waals surface area contributed by atoms with Gasteiger partial charge in [-0.15, -0.1) is 0 Å². The minimum atomic E-state index is -4.63. The Morgan fingerprint density at radius 3 is 2.61 bits per heavy atom. The molecular weight excluding hydrogens is 253 g/mol. The van der Waals surface area contributed by atoms with Crippen LogP contribution >= 0.6 is 0 Å². The molecule has 18 heavy (non-hydrogen) atoms. The molecule has 0 bridgehead atoms. The van der Waals surface area contributed by atoms with E-state index in [0.29, 0.717) is 18.8 Å². The summed E-state index contributed by atoms with van der Waals surface area (Å²) in [7, 11) is 1.66. The van der Waals surface area contributed by atoms with Gasteiger partial charge < -0.3 is 10.6 Å². The van der Waals surface area contributed by atoms with Crippen LogP contribution in [-0.2, 0) is 6.18 Å². The Balaban J connectivity index is 3.04. The van der Waals surface area contributed by atoms with Gasteiger partial charge in [-0.05, 0) is 13.1 Å². The number of hydrogen-bond donors (Lipinski definition) is 2. The standard InChI is InChI=1S/C9H11F3N4O2/c1-13-2-3-14-6-4-8(9(10,11)12)15-5-7(6)16(17)18/h4-5,13H,2-3H2,1H3,(H,14,15). The van der Waals surface area contributed by atoms with Crippen molar-refractivity contribution in [3.63, 3.8) is 0 Å². The molecule has 1 aromatic rings. The lowest BCUT2D eigenvalue weighted by Crippen LogP contribution is -2.19. The van der Waals surface area contributed by atoms with Crippen molar-refractivity contribution in [2.75, 3.05) is 25.5 Å². The summed E-state index contributed by atoms with van der Waals surface area (Å²) in [5.41, 5.74) is -1.85. The highest BCUT2D eigenvalue weighted by Crippen LogP contribution is 2.32. The summed E-state index contributed by atoms with van der Waals surface area (Å²) in [6.07, 6.45) is -4.03. The van der Waals surface area contributed by atoms with Crippen molar-refractivity contribution in [1.82, 2.24) is 10.3 Å². The first-order valence-corrected chi connectivity index (χ1v) is 4.96. The third kappa shape index (κ3) is 3.55. The Labute approximate surface area is 100 Å². The summed E-state index contributed by atoms with van der Waals surface area (Å²) in [4.78, 5) is 12.9. The lowest BCUT2D eigenvalue weighted by Gasteiger charge is -2.10. The van der Waals surface area contributed by atoms with Crippen LogP contribution in [0.25, 0.3) is 0 Å². The number of hydrogen-bond acceptors (Lipinski definition) is 5. The monoisotopic (exact) mass is 264 g/mol. The third-order valence-corrected chi connectivity index (χ3v) is 2.06. The van der Waals surface area contributed by atoms with E-state index in [1.165, 1.54) is 0 Å². The van der Waals surface area contributed by atoms with Crippen molar-refractivity contribution < 1.29 is 18.1 Å². The van der Waals surface area contributed by atoms with E-state index in [2.05, 4.69) is 15.6 Å². The second kappa shape index (κ2) is 5.63. The molecule has 0 spiro atoms. The summed E-state index contributed by atoms with van der Waals surface area (Å²) < 4.78 is 37.2. The van der Waals surface area contributed by atoms with E-state index in [1.54, 1.807) is 7.05 Å². The predicted octanol–water partition coefficient (Wildman–Crippen LogP) is 1.64. The number of alkyl halides is 3. The average molecular weight is 264 g/mol. The zero-order valence-corrected chi connectivity index (χ0v) is 9.41. The fourth-order valence-electron chi connectivity index (χ4n) is 1.21. The molecule has 0 atom stereocenters. The molecule has 0 saturated heterocycles. The second-order valence-electron chi connectivity index (χ2n) is 3.37. The number of halogens is 3. The molecule has 6 nitrogen and oxygen atoms in total. The van der Waals surface area contributed by atoms with Gasteiger partial charge in [0.05, 0.1) is 4.92 Å². The number of anilines is 1. The Morgan fingerprint density at radius 2 is 2.11 bits per heavy atom. The molecule has 0 aliphatic rings. The maximum Gasteiger partial charge on any atom is 0.433 e. The van der Waals surface area contributed by atoms with E-state index in [0.717, 1.165) is 0 Å². The first-order chi connectivity index (χ1) is 8.36. The number of rotatable bonds is 5. The van der Waals surface area contributed by atoms with Crippen LogP contribution in [0.3, 0.4) is 0 Å². The number of nitrogens with one attached hydrogen (secondary N) is 2. The van der Waals surface area contributed by atoms with E-state index in [-0.39, 0.29) is 12.2 Å². The zero-order valence-electron chi connectivity index (χ0n) is 9.41. The number of pyridine rings is 1. The van der Waals surface area contributed by atoms with Gasteiger partial charge in [-0.25, -0.2) is 4.98 Å². The molecule has 0 aliphatic heterocycles. The van der Waals surface area contributed by atoms with Gasteiger partial charge in [-0.3, -0.25) is 10.1 Å². The van der Waals surface area contributed by atoms with Gasteiger partial charge in [-0.1, -0.05) is 0 Å². The first-order valence-electron chi connectivity index (χ1n) is 4.96. The van der Waals surface area contributed by atoms with Gasteiger partial charge in [0.2, 0.25) is 0 Å². The van der Waals surface area contributed by atoms with Crippen molar-refractivity contribution >= 4 is 11.4 Å². The maximum absolute atomic E-state index is 12.4. The SMILES string of the molecule is CNCCNc1cc(C(F)(F)F)ncc1[N+](=O)[O-]. The average Bonchev–Trinajstić information content (AvgIpc) is 2.27. The molecule has 0 fully saturated rings. The highest BCUT2D eigenvalue weighted by atomic mass is 19.4. The number of likely N-dealkylation sites (N-methyl/N-ethyl adjacent to an activating group) is 1. The minimum absolute atomic E-state index is 0.197. The molecule has 2 N–H and O–H groups in total. The molecule has 1 heterocycles. The van der Waals surface area contributed by atoms with Crippen LogP contribution in [0, 0.1) is 10.1 Å². The Kier molecular flexibility index (Phi) is 4.43. The molecule has 9 heteroatoms. The van der Waals surface area contributed by atoms with E-state index in [1.807, 2.05) is 0 Å². The molecule has 100 valence electrons. The maximum atomic E-state index is 12.4. The summed E-state index contributed by atoms with van der Waals surface area (Å²) >= 11 is 0.